The van der Waals surface area contributed by atoms with E-state index in [1.165, 1.54) is 6.08 Å². The number of hydrogen-bond donors (Lipinski definition) is 0. The molecule has 0 bridgehead atoms. The number of rotatable bonds is 7. The van der Waals surface area contributed by atoms with Crippen LogP contribution in [0.1, 0.15) is 54.3 Å². The Morgan fingerprint density at radius 1 is 0.964 bits per heavy atom. The number of carbonyl (C=O) groups is 4. The zero-order valence-electron chi connectivity index (χ0n) is 18.4. The van der Waals surface area contributed by atoms with Crippen molar-refractivity contribution in [2.75, 3.05) is 19.8 Å². The van der Waals surface area contributed by atoms with E-state index in [-0.39, 0.29) is 42.6 Å². The van der Waals surface area contributed by atoms with Crippen LogP contribution in [-0.2, 0) is 33.4 Å². The SMILES string of the molecule is CCOC1=CC(=O)C(C=O)CC1.CCOC1=CC(=O)CCC1.CCOC=O.[H-].[Na+]. The first kappa shape index (κ1) is 28.8. The van der Waals surface area contributed by atoms with E-state index < -0.39 is 5.92 Å². The summed E-state index contributed by atoms with van der Waals surface area (Å²) in [6.45, 7) is 7.71. The fraction of sp³-hybridized carbons (Fsp3) is 0.600. The number of ether oxygens (including phenoxy) is 3. The minimum absolute atomic E-state index is 0. The van der Waals surface area contributed by atoms with Crippen LogP contribution in [0.2, 0.25) is 0 Å². The van der Waals surface area contributed by atoms with E-state index in [1.54, 1.807) is 13.0 Å². The molecule has 8 heteroatoms. The van der Waals surface area contributed by atoms with Gasteiger partial charge in [0.25, 0.3) is 6.47 Å². The predicted octanol–water partition coefficient (Wildman–Crippen LogP) is 0.0404. The quantitative estimate of drug-likeness (QED) is 0.335. The van der Waals surface area contributed by atoms with Crippen LogP contribution in [0.15, 0.2) is 23.7 Å². The van der Waals surface area contributed by atoms with Crippen LogP contribution in [0.3, 0.4) is 0 Å². The third-order valence-corrected chi connectivity index (χ3v) is 3.60. The van der Waals surface area contributed by atoms with Crippen LogP contribution in [0.5, 0.6) is 0 Å². The molecule has 1 unspecified atom stereocenters. The molecule has 154 valence electrons. The molecular weight excluding hydrogens is 375 g/mol. The largest absolute Gasteiger partial charge is 1.00 e. The van der Waals surface area contributed by atoms with E-state index in [0.717, 1.165) is 18.6 Å². The van der Waals surface area contributed by atoms with E-state index in [1.807, 2.05) is 13.8 Å². The monoisotopic (exact) mass is 406 g/mol. The molecule has 2 rings (SSSR count). The topological polar surface area (TPSA) is 96.0 Å². The van der Waals surface area contributed by atoms with Crippen molar-refractivity contribution in [1.82, 2.24) is 0 Å². The van der Waals surface area contributed by atoms with Crippen molar-refractivity contribution in [3.63, 3.8) is 0 Å². The molecule has 0 aromatic rings. The molecule has 0 spiro atoms. The van der Waals surface area contributed by atoms with Gasteiger partial charge in [-0.05, 0) is 33.6 Å². The van der Waals surface area contributed by atoms with Crippen molar-refractivity contribution in [2.45, 2.75) is 52.9 Å². The number of ketones is 2. The second-order valence-electron chi connectivity index (χ2n) is 5.64. The molecule has 0 N–H and O–H groups in total. The Balaban J connectivity index is -0.000000364. The predicted molar refractivity (Wildman–Crippen MR) is 101 cm³/mol. The van der Waals surface area contributed by atoms with Crippen molar-refractivity contribution < 1.29 is 64.4 Å². The molecule has 2 aliphatic rings. The second kappa shape index (κ2) is 18.9. The first-order chi connectivity index (χ1) is 13.0. The number of aldehydes is 1. The Labute approximate surface area is 190 Å². The zero-order chi connectivity index (χ0) is 20.5. The van der Waals surface area contributed by atoms with Gasteiger partial charge in [-0.3, -0.25) is 14.4 Å². The Bertz CT molecular complexity index is 547. The van der Waals surface area contributed by atoms with Crippen molar-refractivity contribution in [3.8, 4) is 0 Å². The van der Waals surface area contributed by atoms with Gasteiger partial charge in [0.05, 0.1) is 37.3 Å². The van der Waals surface area contributed by atoms with E-state index in [2.05, 4.69) is 4.74 Å². The molecule has 0 aliphatic heterocycles. The second-order valence-corrected chi connectivity index (χ2v) is 5.64. The van der Waals surface area contributed by atoms with E-state index >= 15 is 0 Å². The van der Waals surface area contributed by atoms with Gasteiger partial charge in [-0.1, -0.05) is 0 Å². The summed E-state index contributed by atoms with van der Waals surface area (Å²) in [6.07, 6.45) is 7.62. The normalized spacial score (nSPS) is 17.8. The van der Waals surface area contributed by atoms with Crippen LogP contribution >= 0.6 is 0 Å². The van der Waals surface area contributed by atoms with Crippen LogP contribution in [-0.4, -0.2) is 44.1 Å². The van der Waals surface area contributed by atoms with Crippen molar-refractivity contribution in [3.05, 3.63) is 23.7 Å². The Hall–Kier alpha value is -1.44. The third-order valence-electron chi connectivity index (χ3n) is 3.60. The number of carbonyl (C=O) groups excluding carboxylic acids is 4. The molecule has 0 radical (unpaired) electrons. The Morgan fingerprint density at radius 2 is 1.57 bits per heavy atom. The fourth-order valence-electron chi connectivity index (χ4n) is 2.34. The average Bonchev–Trinajstić information content (AvgIpc) is 2.64. The molecule has 0 saturated carbocycles. The summed E-state index contributed by atoms with van der Waals surface area (Å²) >= 11 is 0. The number of allylic oxidation sites excluding steroid dienone is 4. The van der Waals surface area contributed by atoms with Gasteiger partial charge < -0.3 is 20.4 Å². The average molecular weight is 406 g/mol. The van der Waals surface area contributed by atoms with Gasteiger partial charge in [0.2, 0.25) is 0 Å². The summed E-state index contributed by atoms with van der Waals surface area (Å²) in [4.78, 5) is 41.4. The standard InChI is InChI=1S/C9H12O3.C8H12O2.C3H6O2.Na.H/c1-2-12-8-4-3-7(6-10)9(11)5-8;1-2-10-8-5-3-4-7(9)6-8;1-2-5-3-4;;/h5-7H,2-4H2,1H3;6H,2-5H2,1H3;3H,2H2,1H3;;/q;;;+1;-1. The van der Waals surface area contributed by atoms with Crippen LogP contribution in [0, 0.1) is 5.92 Å². The smallest absolute Gasteiger partial charge is 1.00 e. The maximum absolute atomic E-state index is 11.1. The van der Waals surface area contributed by atoms with Gasteiger partial charge in [-0.2, -0.15) is 0 Å². The molecule has 1 atom stereocenters. The van der Waals surface area contributed by atoms with Crippen molar-refractivity contribution in [2.24, 2.45) is 5.92 Å². The Kier molecular flexibility index (Phi) is 19.4. The van der Waals surface area contributed by atoms with Gasteiger partial charge in [-0.25, -0.2) is 0 Å². The van der Waals surface area contributed by atoms with Crippen LogP contribution < -0.4 is 29.6 Å². The molecule has 0 heterocycles. The molecule has 0 aromatic carbocycles. The summed E-state index contributed by atoms with van der Waals surface area (Å²) in [5.74, 6) is 1.21. The third kappa shape index (κ3) is 13.7. The van der Waals surface area contributed by atoms with E-state index in [0.29, 0.717) is 57.6 Å². The Morgan fingerprint density at radius 3 is 1.96 bits per heavy atom. The fourth-order valence-corrected chi connectivity index (χ4v) is 2.34. The molecule has 7 nitrogen and oxygen atoms in total. The minimum Gasteiger partial charge on any atom is -1.00 e. The maximum atomic E-state index is 11.1. The van der Waals surface area contributed by atoms with Gasteiger partial charge in [0, 0.05) is 31.4 Å². The molecule has 0 fully saturated rings. The van der Waals surface area contributed by atoms with Gasteiger partial charge in [0.15, 0.2) is 11.6 Å². The van der Waals surface area contributed by atoms with Gasteiger partial charge >= 0.3 is 29.6 Å². The molecular formula is C20H31NaO7. The van der Waals surface area contributed by atoms with E-state index in [9.17, 15) is 19.2 Å². The first-order valence-corrected chi connectivity index (χ1v) is 9.26. The molecule has 28 heavy (non-hydrogen) atoms. The summed E-state index contributed by atoms with van der Waals surface area (Å²) in [6, 6.07) is 0. The van der Waals surface area contributed by atoms with Crippen molar-refractivity contribution >= 4 is 24.3 Å². The van der Waals surface area contributed by atoms with E-state index in [4.69, 9.17) is 9.47 Å². The maximum Gasteiger partial charge on any atom is 1.00 e. The summed E-state index contributed by atoms with van der Waals surface area (Å²) in [5.41, 5.74) is 0. The van der Waals surface area contributed by atoms with Crippen LogP contribution in [0.25, 0.3) is 0 Å². The molecule has 0 amide bonds. The van der Waals surface area contributed by atoms with Crippen molar-refractivity contribution in [1.29, 1.82) is 0 Å². The molecule has 2 aliphatic carbocycles. The first-order valence-electron chi connectivity index (χ1n) is 9.26. The molecule has 0 saturated heterocycles. The summed E-state index contributed by atoms with van der Waals surface area (Å²) in [5, 5.41) is 0. The van der Waals surface area contributed by atoms with Gasteiger partial charge in [0.1, 0.15) is 6.29 Å². The molecule has 0 aromatic heterocycles. The van der Waals surface area contributed by atoms with Gasteiger partial charge in [-0.15, -0.1) is 0 Å². The number of hydrogen-bond acceptors (Lipinski definition) is 7. The van der Waals surface area contributed by atoms with Crippen LogP contribution in [0.4, 0.5) is 0 Å². The minimum atomic E-state index is -0.436. The summed E-state index contributed by atoms with van der Waals surface area (Å²) < 4.78 is 14.5. The zero-order valence-corrected chi connectivity index (χ0v) is 19.4. The summed E-state index contributed by atoms with van der Waals surface area (Å²) in [7, 11) is 0.